The van der Waals surface area contributed by atoms with Crippen LogP contribution in [-0.2, 0) is 11.2 Å². The number of aromatic nitrogens is 2. The van der Waals surface area contributed by atoms with Crippen LogP contribution in [0.3, 0.4) is 0 Å². The normalized spacial score (nSPS) is 10.5. The lowest BCUT2D eigenvalue weighted by Gasteiger charge is -2.06. The maximum Gasteiger partial charge on any atom is 0.347 e. The highest BCUT2D eigenvalue weighted by Gasteiger charge is 2.19. The molecule has 148 valence electrons. The first-order valence-corrected chi connectivity index (χ1v) is 10.0. The van der Waals surface area contributed by atoms with Gasteiger partial charge in [-0.3, -0.25) is 4.79 Å². The van der Waals surface area contributed by atoms with Crippen molar-refractivity contribution in [2.75, 3.05) is 10.6 Å². The number of amides is 2. The van der Waals surface area contributed by atoms with Gasteiger partial charge in [0, 0.05) is 5.69 Å². The average Bonchev–Trinajstić information content (AvgIpc) is 3.34. The van der Waals surface area contributed by atoms with E-state index in [-0.39, 0.29) is 12.3 Å². The third-order valence-corrected chi connectivity index (χ3v) is 5.36. The van der Waals surface area contributed by atoms with E-state index in [2.05, 4.69) is 15.7 Å². The lowest BCUT2D eigenvalue weighted by atomic mass is 10.1. The molecule has 7 nitrogen and oxygen atoms in total. The molecule has 0 spiro atoms. The van der Waals surface area contributed by atoms with Crippen molar-refractivity contribution >= 4 is 45.0 Å². The second kappa shape index (κ2) is 8.19. The average molecular weight is 415 g/mol. The quantitative estimate of drug-likeness (QED) is 0.511. The van der Waals surface area contributed by atoms with Crippen LogP contribution in [0.2, 0.25) is 0 Å². The molecule has 0 unspecified atom stereocenters. The van der Waals surface area contributed by atoms with Gasteiger partial charge in [-0.05, 0) is 42.1 Å². The molecule has 2 aromatic carbocycles. The highest BCUT2D eigenvalue weighted by Crippen LogP contribution is 2.28. The molecule has 4 rings (SSSR count). The molecule has 0 saturated carbocycles. The number of nitrogens with zero attached hydrogens (tertiary/aromatic N) is 3. The Bertz CT molecular complexity index is 1280. The number of hydrogen-bond donors (Lipinski definition) is 2. The summed E-state index contributed by atoms with van der Waals surface area (Å²) in [5, 5.41) is 21.4. The van der Waals surface area contributed by atoms with E-state index in [1.54, 1.807) is 24.3 Å². The summed E-state index contributed by atoms with van der Waals surface area (Å²) in [6.07, 6.45) is 0.214. The third kappa shape index (κ3) is 4.06. The summed E-state index contributed by atoms with van der Waals surface area (Å²) >= 11 is 1.35. The Morgan fingerprint density at radius 3 is 2.70 bits per heavy atom. The fourth-order valence-corrected chi connectivity index (χ4v) is 3.83. The minimum atomic E-state index is -0.475. The van der Waals surface area contributed by atoms with Crippen molar-refractivity contribution in [3.8, 4) is 6.07 Å². The summed E-state index contributed by atoms with van der Waals surface area (Å²) in [5.41, 5.74) is 2.96. The summed E-state index contributed by atoms with van der Waals surface area (Å²) in [6.45, 7) is 1.99. The molecular formula is C22H17N5O2S. The van der Waals surface area contributed by atoms with Crippen molar-refractivity contribution < 1.29 is 9.59 Å². The largest absolute Gasteiger partial charge is 0.347 e. The van der Waals surface area contributed by atoms with Gasteiger partial charge in [0.25, 0.3) is 0 Å². The lowest BCUT2D eigenvalue weighted by Crippen LogP contribution is -2.21. The molecule has 0 aliphatic rings. The summed E-state index contributed by atoms with van der Waals surface area (Å²) in [4.78, 5) is 25.9. The number of nitrogens with one attached hydrogen (secondary N) is 2. The highest BCUT2D eigenvalue weighted by atomic mass is 32.1. The van der Waals surface area contributed by atoms with E-state index in [1.807, 2.05) is 48.7 Å². The maximum atomic E-state index is 12.7. The Morgan fingerprint density at radius 2 is 1.93 bits per heavy atom. The molecule has 2 heterocycles. The van der Waals surface area contributed by atoms with E-state index < -0.39 is 6.03 Å². The van der Waals surface area contributed by atoms with E-state index in [9.17, 15) is 9.59 Å². The van der Waals surface area contributed by atoms with Crippen LogP contribution >= 0.6 is 11.3 Å². The minimum absolute atomic E-state index is 0.210. The number of thiophene rings is 1. The number of benzene rings is 2. The van der Waals surface area contributed by atoms with Gasteiger partial charge in [0.05, 0.1) is 23.4 Å². The van der Waals surface area contributed by atoms with Crippen molar-refractivity contribution in [2.45, 2.75) is 13.3 Å². The zero-order valence-electron chi connectivity index (χ0n) is 16.0. The van der Waals surface area contributed by atoms with Crippen LogP contribution in [0.25, 0.3) is 10.2 Å². The van der Waals surface area contributed by atoms with Gasteiger partial charge in [0.2, 0.25) is 5.91 Å². The van der Waals surface area contributed by atoms with Gasteiger partial charge in [0.1, 0.15) is 4.83 Å². The molecule has 0 radical (unpaired) electrons. The molecule has 4 aromatic rings. The highest BCUT2D eigenvalue weighted by molar-refractivity contribution is 7.17. The SMILES string of the molecule is Cc1ccc(CC(=O)Nc2nn(C(=O)Nc3cccc(C#N)c3)c3sccc23)cc1. The molecule has 2 aromatic heterocycles. The lowest BCUT2D eigenvalue weighted by molar-refractivity contribution is -0.115. The summed E-state index contributed by atoms with van der Waals surface area (Å²) in [7, 11) is 0. The van der Waals surface area contributed by atoms with E-state index in [0.717, 1.165) is 11.1 Å². The van der Waals surface area contributed by atoms with Crippen molar-refractivity contribution in [3.63, 3.8) is 0 Å². The van der Waals surface area contributed by atoms with Crippen LogP contribution in [0.5, 0.6) is 0 Å². The molecule has 0 bridgehead atoms. The van der Waals surface area contributed by atoms with Crippen LogP contribution in [0.15, 0.2) is 60.0 Å². The molecule has 8 heteroatoms. The van der Waals surface area contributed by atoms with Crippen LogP contribution in [0.4, 0.5) is 16.3 Å². The van der Waals surface area contributed by atoms with E-state index in [1.165, 1.54) is 16.0 Å². The van der Waals surface area contributed by atoms with Gasteiger partial charge >= 0.3 is 6.03 Å². The molecule has 2 amide bonds. The van der Waals surface area contributed by atoms with Crippen molar-refractivity contribution in [3.05, 3.63) is 76.7 Å². The predicted octanol–water partition coefficient (Wildman–Crippen LogP) is 4.54. The molecule has 2 N–H and O–H groups in total. The van der Waals surface area contributed by atoms with Gasteiger partial charge in [0.15, 0.2) is 5.82 Å². The van der Waals surface area contributed by atoms with Crippen LogP contribution in [0.1, 0.15) is 16.7 Å². The number of carbonyl (C=O) groups excluding carboxylic acids is 2. The monoisotopic (exact) mass is 415 g/mol. The van der Waals surface area contributed by atoms with E-state index in [0.29, 0.717) is 27.3 Å². The number of nitriles is 1. The van der Waals surface area contributed by atoms with Crippen molar-refractivity contribution in [1.82, 2.24) is 9.78 Å². The van der Waals surface area contributed by atoms with Gasteiger partial charge in [-0.25, -0.2) is 4.79 Å². The smallest absolute Gasteiger partial charge is 0.308 e. The summed E-state index contributed by atoms with van der Waals surface area (Å²) < 4.78 is 1.22. The topological polar surface area (TPSA) is 99.8 Å². The maximum absolute atomic E-state index is 12.7. The fourth-order valence-electron chi connectivity index (χ4n) is 2.99. The minimum Gasteiger partial charge on any atom is -0.308 e. The zero-order valence-corrected chi connectivity index (χ0v) is 16.9. The van der Waals surface area contributed by atoms with Crippen LogP contribution < -0.4 is 10.6 Å². The van der Waals surface area contributed by atoms with Gasteiger partial charge in [-0.15, -0.1) is 16.4 Å². The third-order valence-electron chi connectivity index (χ3n) is 4.47. The second-order valence-corrected chi connectivity index (χ2v) is 7.63. The van der Waals surface area contributed by atoms with Crippen molar-refractivity contribution in [1.29, 1.82) is 5.26 Å². The van der Waals surface area contributed by atoms with Crippen LogP contribution in [0, 0.1) is 18.3 Å². The Hall–Kier alpha value is -3.96. The number of aryl methyl sites for hydroxylation is 1. The number of hydrogen-bond acceptors (Lipinski definition) is 5. The molecule has 0 fully saturated rings. The number of anilines is 2. The molecule has 0 aliphatic heterocycles. The number of carbonyl (C=O) groups is 2. The molecular weight excluding hydrogens is 398 g/mol. The summed E-state index contributed by atoms with van der Waals surface area (Å²) in [5.74, 6) is 0.128. The van der Waals surface area contributed by atoms with Gasteiger partial charge in [-0.1, -0.05) is 35.9 Å². The molecule has 0 atom stereocenters. The standard InChI is InChI=1S/C22H17N5O2S/c1-14-5-7-15(8-6-14)12-19(28)25-20-18-9-10-30-21(18)27(26-20)22(29)24-17-4-2-3-16(11-17)13-23/h2-11H,12H2,1H3,(H,24,29)(H,25,26,28). The first-order chi connectivity index (χ1) is 14.5. The van der Waals surface area contributed by atoms with Crippen molar-refractivity contribution in [2.24, 2.45) is 0 Å². The Morgan fingerprint density at radius 1 is 1.13 bits per heavy atom. The fraction of sp³-hybridized carbons (Fsp3) is 0.0909. The number of rotatable bonds is 4. The first-order valence-electron chi connectivity index (χ1n) is 9.16. The molecule has 30 heavy (non-hydrogen) atoms. The zero-order chi connectivity index (χ0) is 21.1. The van der Waals surface area contributed by atoms with Gasteiger partial charge < -0.3 is 10.6 Å². The van der Waals surface area contributed by atoms with Crippen LogP contribution in [-0.4, -0.2) is 21.7 Å². The second-order valence-electron chi connectivity index (χ2n) is 6.73. The molecule has 0 aliphatic carbocycles. The van der Waals surface area contributed by atoms with Gasteiger partial charge in [-0.2, -0.15) is 9.94 Å². The summed E-state index contributed by atoms with van der Waals surface area (Å²) in [6, 6.07) is 17.7. The predicted molar refractivity (Wildman–Crippen MR) is 117 cm³/mol. The Kier molecular flexibility index (Phi) is 5.28. The molecule has 0 saturated heterocycles. The van der Waals surface area contributed by atoms with E-state index in [4.69, 9.17) is 5.26 Å². The number of fused-ring (bicyclic) bond motifs is 1. The van der Waals surface area contributed by atoms with E-state index >= 15 is 0 Å². The Labute approximate surface area is 176 Å². The first kappa shape index (κ1) is 19.4. The Balaban J connectivity index is 1.54.